The van der Waals surface area contributed by atoms with Crippen molar-refractivity contribution in [2.45, 2.75) is 18.1 Å². The van der Waals surface area contributed by atoms with Crippen molar-refractivity contribution in [3.8, 4) is 0 Å². The second kappa shape index (κ2) is 10.0. The summed E-state index contributed by atoms with van der Waals surface area (Å²) in [5.74, 6) is 0.234. The number of allylic oxidation sites excluding steroid dienone is 1. The summed E-state index contributed by atoms with van der Waals surface area (Å²) >= 11 is 2.50. The average molecular weight is 429 g/mol. The van der Waals surface area contributed by atoms with E-state index in [1.807, 2.05) is 34.9 Å². The Bertz CT molecular complexity index is 998. The summed E-state index contributed by atoms with van der Waals surface area (Å²) < 4.78 is 6.67. The van der Waals surface area contributed by atoms with Crippen LogP contribution in [0.4, 0.5) is 5.69 Å². The van der Waals surface area contributed by atoms with E-state index in [4.69, 9.17) is 4.74 Å². The smallest absolute Gasteiger partial charge is 0.350 e. The van der Waals surface area contributed by atoms with Gasteiger partial charge in [-0.2, -0.15) is 0 Å². The monoisotopic (exact) mass is 428 g/mol. The van der Waals surface area contributed by atoms with Gasteiger partial charge >= 0.3 is 5.97 Å². The summed E-state index contributed by atoms with van der Waals surface area (Å²) in [6.07, 6.45) is 2.42. The molecule has 0 bridgehead atoms. The van der Waals surface area contributed by atoms with E-state index in [1.54, 1.807) is 17.5 Å². The van der Waals surface area contributed by atoms with Crippen molar-refractivity contribution in [1.82, 2.24) is 14.8 Å². The van der Waals surface area contributed by atoms with Gasteiger partial charge in [0.25, 0.3) is 0 Å². The molecular weight excluding hydrogens is 408 g/mol. The van der Waals surface area contributed by atoms with Crippen LogP contribution in [0, 0.1) is 0 Å². The zero-order chi connectivity index (χ0) is 20.6. The van der Waals surface area contributed by atoms with Gasteiger partial charge in [0.2, 0.25) is 5.91 Å². The molecule has 0 aliphatic heterocycles. The van der Waals surface area contributed by atoms with E-state index in [-0.39, 0.29) is 11.7 Å². The molecule has 2 aromatic heterocycles. The molecule has 0 spiro atoms. The predicted octanol–water partition coefficient (Wildman–Crippen LogP) is 3.63. The van der Waals surface area contributed by atoms with E-state index < -0.39 is 5.97 Å². The summed E-state index contributed by atoms with van der Waals surface area (Å²) in [6, 6.07) is 11.7. The molecule has 1 N–H and O–H groups in total. The van der Waals surface area contributed by atoms with Crippen LogP contribution in [0.1, 0.15) is 21.1 Å². The summed E-state index contributed by atoms with van der Waals surface area (Å²) in [7, 11) is 1.31. The molecule has 2 heterocycles. The Hall–Kier alpha value is -2.91. The van der Waals surface area contributed by atoms with Crippen molar-refractivity contribution in [1.29, 1.82) is 0 Å². The standard InChI is InChI=1S/C20H20N4O3S2/c1-3-10-24-16(12-14-7-5-4-6-8-14)22-23-20(24)29-13-17(25)21-15-9-11-28-18(15)19(26)27-2/h3-9,11H,1,10,12-13H2,2H3,(H,21,25). The lowest BCUT2D eigenvalue weighted by molar-refractivity contribution is -0.113. The molecule has 0 radical (unpaired) electrons. The number of carbonyl (C=O) groups is 2. The Balaban J connectivity index is 1.65. The van der Waals surface area contributed by atoms with E-state index in [0.29, 0.717) is 28.7 Å². The quantitative estimate of drug-likeness (QED) is 0.318. The molecule has 1 aromatic carbocycles. The molecule has 7 nitrogen and oxygen atoms in total. The van der Waals surface area contributed by atoms with Crippen LogP contribution in [-0.4, -0.2) is 39.5 Å². The zero-order valence-electron chi connectivity index (χ0n) is 15.8. The van der Waals surface area contributed by atoms with E-state index in [1.165, 1.54) is 30.2 Å². The number of ether oxygens (including phenoxy) is 1. The molecule has 3 aromatic rings. The number of methoxy groups -OCH3 is 1. The number of aromatic nitrogens is 3. The summed E-state index contributed by atoms with van der Waals surface area (Å²) in [5, 5.41) is 13.6. The molecule has 0 atom stereocenters. The molecule has 3 rings (SSSR count). The molecule has 0 aliphatic rings. The number of thiophene rings is 1. The van der Waals surface area contributed by atoms with Gasteiger partial charge in [-0.3, -0.25) is 4.79 Å². The van der Waals surface area contributed by atoms with Crippen molar-refractivity contribution in [2.24, 2.45) is 0 Å². The molecule has 9 heteroatoms. The van der Waals surface area contributed by atoms with E-state index in [9.17, 15) is 9.59 Å². The number of amides is 1. The van der Waals surface area contributed by atoms with Gasteiger partial charge in [-0.25, -0.2) is 4.79 Å². The Kier molecular flexibility index (Phi) is 7.20. The molecule has 1 amide bonds. The average Bonchev–Trinajstić information content (AvgIpc) is 3.34. The number of nitrogens with zero attached hydrogens (tertiary/aromatic N) is 3. The van der Waals surface area contributed by atoms with Gasteiger partial charge in [-0.15, -0.1) is 28.1 Å². The highest BCUT2D eigenvalue weighted by Crippen LogP contribution is 2.24. The SMILES string of the molecule is C=CCn1c(Cc2ccccc2)nnc1SCC(=O)Nc1ccsc1C(=O)OC. The van der Waals surface area contributed by atoms with Crippen LogP contribution >= 0.6 is 23.1 Å². The summed E-state index contributed by atoms with van der Waals surface area (Å²) in [6.45, 7) is 4.35. The van der Waals surface area contributed by atoms with Crippen LogP contribution in [0.3, 0.4) is 0 Å². The maximum absolute atomic E-state index is 12.4. The number of benzene rings is 1. The van der Waals surface area contributed by atoms with Crippen molar-refractivity contribution < 1.29 is 14.3 Å². The van der Waals surface area contributed by atoms with Crippen LogP contribution in [0.2, 0.25) is 0 Å². The maximum Gasteiger partial charge on any atom is 0.350 e. The molecule has 0 fully saturated rings. The summed E-state index contributed by atoms with van der Waals surface area (Å²) in [4.78, 5) is 24.4. The first kappa shape index (κ1) is 20.8. The molecular formula is C20H20N4O3S2. The predicted molar refractivity (Wildman–Crippen MR) is 114 cm³/mol. The first-order chi connectivity index (χ1) is 14.1. The fourth-order valence-electron chi connectivity index (χ4n) is 2.62. The Morgan fingerprint density at radius 3 is 2.79 bits per heavy atom. The van der Waals surface area contributed by atoms with Crippen LogP contribution in [-0.2, 0) is 22.5 Å². The van der Waals surface area contributed by atoms with Crippen LogP contribution in [0.5, 0.6) is 0 Å². The summed E-state index contributed by atoms with van der Waals surface area (Å²) in [5.41, 5.74) is 1.58. The highest BCUT2D eigenvalue weighted by atomic mass is 32.2. The van der Waals surface area contributed by atoms with E-state index in [0.717, 1.165) is 11.4 Å². The first-order valence-corrected chi connectivity index (χ1v) is 10.6. The molecule has 0 unspecified atom stereocenters. The van der Waals surface area contributed by atoms with Gasteiger partial charge in [0, 0.05) is 13.0 Å². The fraction of sp³-hybridized carbons (Fsp3) is 0.200. The van der Waals surface area contributed by atoms with Gasteiger partial charge in [0.1, 0.15) is 10.7 Å². The molecule has 0 aliphatic carbocycles. The van der Waals surface area contributed by atoms with Gasteiger partial charge in [0.05, 0.1) is 18.6 Å². The number of hydrogen-bond donors (Lipinski definition) is 1. The topological polar surface area (TPSA) is 86.1 Å². The Morgan fingerprint density at radius 2 is 2.07 bits per heavy atom. The minimum absolute atomic E-state index is 0.136. The number of nitrogens with one attached hydrogen (secondary N) is 1. The Labute approximate surface area is 176 Å². The number of anilines is 1. The molecule has 0 saturated carbocycles. The third-order valence-corrected chi connectivity index (χ3v) is 5.81. The number of esters is 1. The number of thioether (sulfide) groups is 1. The van der Waals surface area contributed by atoms with Crippen LogP contribution in [0.15, 0.2) is 59.6 Å². The number of carbonyl (C=O) groups excluding carboxylic acids is 2. The zero-order valence-corrected chi connectivity index (χ0v) is 17.5. The van der Waals surface area contributed by atoms with Crippen molar-refractivity contribution >= 4 is 40.7 Å². The third-order valence-electron chi connectivity index (χ3n) is 3.95. The number of rotatable bonds is 9. The second-order valence-electron chi connectivity index (χ2n) is 5.95. The lowest BCUT2D eigenvalue weighted by Crippen LogP contribution is -2.16. The van der Waals surface area contributed by atoms with Gasteiger partial charge in [-0.05, 0) is 17.0 Å². The lowest BCUT2D eigenvalue weighted by atomic mass is 10.1. The molecule has 0 saturated heterocycles. The van der Waals surface area contributed by atoms with E-state index >= 15 is 0 Å². The third kappa shape index (κ3) is 5.33. The van der Waals surface area contributed by atoms with Gasteiger partial charge in [0.15, 0.2) is 5.16 Å². The largest absolute Gasteiger partial charge is 0.465 e. The van der Waals surface area contributed by atoms with Crippen molar-refractivity contribution in [3.05, 3.63) is 70.7 Å². The maximum atomic E-state index is 12.4. The fourth-order valence-corrected chi connectivity index (χ4v) is 4.15. The van der Waals surface area contributed by atoms with Crippen LogP contribution in [0.25, 0.3) is 0 Å². The number of hydrogen-bond acceptors (Lipinski definition) is 7. The molecule has 150 valence electrons. The second-order valence-corrected chi connectivity index (χ2v) is 7.81. The first-order valence-electron chi connectivity index (χ1n) is 8.77. The van der Waals surface area contributed by atoms with Crippen molar-refractivity contribution in [3.63, 3.8) is 0 Å². The lowest BCUT2D eigenvalue weighted by Gasteiger charge is -2.08. The normalized spacial score (nSPS) is 10.5. The minimum Gasteiger partial charge on any atom is -0.465 e. The van der Waals surface area contributed by atoms with Gasteiger partial charge < -0.3 is 14.6 Å². The van der Waals surface area contributed by atoms with Gasteiger partial charge in [-0.1, -0.05) is 48.2 Å². The van der Waals surface area contributed by atoms with E-state index in [2.05, 4.69) is 22.1 Å². The highest BCUT2D eigenvalue weighted by molar-refractivity contribution is 7.99. The van der Waals surface area contributed by atoms with Crippen LogP contribution < -0.4 is 5.32 Å². The van der Waals surface area contributed by atoms with Crippen molar-refractivity contribution in [2.75, 3.05) is 18.2 Å². The Morgan fingerprint density at radius 1 is 1.28 bits per heavy atom. The highest BCUT2D eigenvalue weighted by Gasteiger charge is 2.17. The molecule has 29 heavy (non-hydrogen) atoms. The minimum atomic E-state index is -0.473.